The highest BCUT2D eigenvalue weighted by molar-refractivity contribution is 6.58. The number of hydrogen-bond donors (Lipinski definition) is 2. The first-order chi connectivity index (χ1) is 7.15. The van der Waals surface area contributed by atoms with E-state index in [1.165, 1.54) is 12.1 Å². The number of ether oxygens (including phenoxy) is 1. The molecule has 1 fully saturated rings. The molecule has 5 heteroatoms. The molecule has 0 spiro atoms. The van der Waals surface area contributed by atoms with Crippen LogP contribution in [0.3, 0.4) is 0 Å². The molecule has 1 aliphatic carbocycles. The van der Waals surface area contributed by atoms with Gasteiger partial charge < -0.3 is 14.8 Å². The highest BCUT2D eigenvalue weighted by Crippen LogP contribution is 2.29. The second kappa shape index (κ2) is 4.20. The summed E-state index contributed by atoms with van der Waals surface area (Å²) in [5.74, 6) is 0.409. The van der Waals surface area contributed by atoms with E-state index in [1.807, 2.05) is 0 Å². The molecular formula is C10H12BFO3. The minimum Gasteiger partial charge on any atom is -0.493 e. The summed E-state index contributed by atoms with van der Waals surface area (Å²) in [5, 5.41) is 17.8. The third kappa shape index (κ3) is 2.94. The van der Waals surface area contributed by atoms with Crippen molar-refractivity contribution in [1.82, 2.24) is 0 Å². The van der Waals surface area contributed by atoms with Crippen LogP contribution in [0.5, 0.6) is 5.75 Å². The Bertz CT molecular complexity index is 353. The molecule has 1 aromatic carbocycles. The topological polar surface area (TPSA) is 49.7 Å². The van der Waals surface area contributed by atoms with Gasteiger partial charge in [0.15, 0.2) is 0 Å². The van der Waals surface area contributed by atoms with Gasteiger partial charge in [-0.15, -0.1) is 0 Å². The highest BCUT2D eigenvalue weighted by atomic mass is 19.1. The van der Waals surface area contributed by atoms with Gasteiger partial charge in [0.25, 0.3) is 0 Å². The molecule has 2 rings (SSSR count). The van der Waals surface area contributed by atoms with Gasteiger partial charge in [0.2, 0.25) is 0 Å². The first kappa shape index (κ1) is 10.5. The Hall–Kier alpha value is -1.07. The third-order valence-corrected chi connectivity index (χ3v) is 2.37. The van der Waals surface area contributed by atoms with E-state index in [4.69, 9.17) is 14.8 Å². The predicted molar refractivity (Wildman–Crippen MR) is 54.4 cm³/mol. The minimum absolute atomic E-state index is 0.112. The molecule has 0 saturated heterocycles. The van der Waals surface area contributed by atoms with E-state index < -0.39 is 12.9 Å². The van der Waals surface area contributed by atoms with E-state index in [2.05, 4.69) is 0 Å². The summed E-state index contributed by atoms with van der Waals surface area (Å²) in [7, 11) is -1.66. The van der Waals surface area contributed by atoms with Crippen molar-refractivity contribution in [1.29, 1.82) is 0 Å². The van der Waals surface area contributed by atoms with Crippen LogP contribution >= 0.6 is 0 Å². The average Bonchev–Trinajstić information content (AvgIpc) is 2.97. The first-order valence-corrected chi connectivity index (χ1v) is 4.94. The lowest BCUT2D eigenvalue weighted by Gasteiger charge is -2.07. The zero-order chi connectivity index (χ0) is 10.8. The lowest BCUT2D eigenvalue weighted by Crippen LogP contribution is -2.30. The second-order valence-corrected chi connectivity index (χ2v) is 3.85. The van der Waals surface area contributed by atoms with Gasteiger partial charge in [0.05, 0.1) is 6.61 Å². The summed E-state index contributed by atoms with van der Waals surface area (Å²) < 4.78 is 18.4. The molecular weight excluding hydrogens is 198 g/mol. The Morgan fingerprint density at radius 1 is 1.33 bits per heavy atom. The lowest BCUT2D eigenvalue weighted by atomic mass is 9.80. The summed E-state index contributed by atoms with van der Waals surface area (Å²) in [5.41, 5.74) is 0.112. The van der Waals surface area contributed by atoms with Gasteiger partial charge in [-0.25, -0.2) is 4.39 Å². The zero-order valence-corrected chi connectivity index (χ0v) is 8.19. The number of halogens is 1. The molecule has 1 aliphatic rings. The maximum absolute atomic E-state index is 13.0. The van der Waals surface area contributed by atoms with Gasteiger partial charge in [-0.2, -0.15) is 0 Å². The first-order valence-electron chi connectivity index (χ1n) is 4.94. The largest absolute Gasteiger partial charge is 0.493 e. The molecule has 0 heterocycles. The number of hydrogen-bond acceptors (Lipinski definition) is 3. The fraction of sp³-hybridized carbons (Fsp3) is 0.400. The van der Waals surface area contributed by atoms with Gasteiger partial charge in [-0.05, 0) is 36.4 Å². The maximum atomic E-state index is 13.0. The standard InChI is InChI=1S/C10H12BFO3/c12-9-3-8(11(13)14)4-10(5-9)15-6-7-1-2-7/h3-5,7,13-14H,1-2,6H2. The molecule has 1 saturated carbocycles. The van der Waals surface area contributed by atoms with Gasteiger partial charge in [-0.3, -0.25) is 0 Å². The Morgan fingerprint density at radius 3 is 2.67 bits per heavy atom. The Labute approximate surface area is 87.6 Å². The summed E-state index contributed by atoms with van der Waals surface area (Å²) >= 11 is 0. The van der Waals surface area contributed by atoms with E-state index in [0.29, 0.717) is 18.3 Å². The number of rotatable bonds is 4. The third-order valence-electron chi connectivity index (χ3n) is 2.37. The van der Waals surface area contributed by atoms with E-state index >= 15 is 0 Å². The lowest BCUT2D eigenvalue weighted by molar-refractivity contribution is 0.298. The van der Waals surface area contributed by atoms with Crippen molar-refractivity contribution in [3.8, 4) is 5.75 Å². The molecule has 15 heavy (non-hydrogen) atoms. The smallest absolute Gasteiger partial charge is 0.488 e. The molecule has 0 unspecified atom stereocenters. The van der Waals surface area contributed by atoms with Crippen LogP contribution in [0.1, 0.15) is 12.8 Å². The Morgan fingerprint density at radius 2 is 2.07 bits per heavy atom. The van der Waals surface area contributed by atoms with Crippen molar-refractivity contribution < 1.29 is 19.2 Å². The van der Waals surface area contributed by atoms with E-state index in [1.54, 1.807) is 0 Å². The molecule has 2 N–H and O–H groups in total. The zero-order valence-electron chi connectivity index (χ0n) is 8.19. The van der Waals surface area contributed by atoms with Crippen LogP contribution in [0, 0.1) is 11.7 Å². The van der Waals surface area contributed by atoms with E-state index in [0.717, 1.165) is 18.9 Å². The van der Waals surface area contributed by atoms with Gasteiger partial charge in [0, 0.05) is 6.07 Å². The Balaban J connectivity index is 2.07. The monoisotopic (exact) mass is 210 g/mol. The molecule has 0 aromatic heterocycles. The molecule has 1 aromatic rings. The van der Waals surface area contributed by atoms with Crippen LogP contribution < -0.4 is 10.2 Å². The van der Waals surface area contributed by atoms with Crippen molar-refractivity contribution in [3.05, 3.63) is 24.0 Å². The Kier molecular flexibility index (Phi) is 2.93. The van der Waals surface area contributed by atoms with E-state index in [-0.39, 0.29) is 5.46 Å². The van der Waals surface area contributed by atoms with Crippen LogP contribution in [0.4, 0.5) is 4.39 Å². The molecule has 0 atom stereocenters. The summed E-state index contributed by atoms with van der Waals surface area (Å²) in [6, 6.07) is 3.76. The quantitative estimate of drug-likeness (QED) is 0.702. The molecule has 0 aliphatic heterocycles. The number of benzene rings is 1. The highest BCUT2D eigenvalue weighted by Gasteiger charge is 2.22. The fourth-order valence-corrected chi connectivity index (χ4v) is 1.32. The maximum Gasteiger partial charge on any atom is 0.488 e. The van der Waals surface area contributed by atoms with Crippen molar-refractivity contribution in [3.63, 3.8) is 0 Å². The minimum atomic E-state index is -1.66. The summed E-state index contributed by atoms with van der Waals surface area (Å²) in [6.07, 6.45) is 2.32. The molecule has 0 bridgehead atoms. The summed E-state index contributed by atoms with van der Waals surface area (Å²) in [6.45, 7) is 0.574. The second-order valence-electron chi connectivity index (χ2n) is 3.85. The normalized spacial score (nSPS) is 15.1. The average molecular weight is 210 g/mol. The van der Waals surface area contributed by atoms with Crippen LogP contribution in [0.15, 0.2) is 18.2 Å². The van der Waals surface area contributed by atoms with Gasteiger partial charge in [-0.1, -0.05) is 0 Å². The van der Waals surface area contributed by atoms with Crippen molar-refractivity contribution in [2.45, 2.75) is 12.8 Å². The summed E-state index contributed by atoms with van der Waals surface area (Å²) in [4.78, 5) is 0. The van der Waals surface area contributed by atoms with Crippen LogP contribution in [-0.2, 0) is 0 Å². The molecule has 0 amide bonds. The van der Waals surface area contributed by atoms with Crippen LogP contribution in [0.2, 0.25) is 0 Å². The predicted octanol–water partition coefficient (Wildman–Crippen LogP) is 0.294. The molecule has 3 nitrogen and oxygen atoms in total. The van der Waals surface area contributed by atoms with Crippen molar-refractivity contribution in [2.75, 3.05) is 6.61 Å². The van der Waals surface area contributed by atoms with Crippen molar-refractivity contribution >= 4 is 12.6 Å². The van der Waals surface area contributed by atoms with Gasteiger partial charge in [0.1, 0.15) is 11.6 Å². The SMILES string of the molecule is OB(O)c1cc(F)cc(OCC2CC2)c1. The van der Waals surface area contributed by atoms with Crippen LogP contribution in [-0.4, -0.2) is 23.8 Å². The molecule has 80 valence electrons. The fourth-order valence-electron chi connectivity index (χ4n) is 1.32. The van der Waals surface area contributed by atoms with E-state index in [9.17, 15) is 4.39 Å². The molecule has 0 radical (unpaired) electrons. The van der Waals surface area contributed by atoms with Gasteiger partial charge >= 0.3 is 7.12 Å². The van der Waals surface area contributed by atoms with Crippen molar-refractivity contribution in [2.24, 2.45) is 5.92 Å². The van der Waals surface area contributed by atoms with Crippen LogP contribution in [0.25, 0.3) is 0 Å².